The average molecular weight is 304 g/mol. The number of thioether (sulfide) groups is 1. The fourth-order valence-corrected chi connectivity index (χ4v) is 3.39. The number of carbonyl (C=O) groups is 1. The Morgan fingerprint density at radius 1 is 1.48 bits per heavy atom. The highest BCUT2D eigenvalue weighted by molar-refractivity contribution is 7.99. The molecule has 112 valence electrons. The Kier molecular flexibility index (Phi) is 6.09. The van der Waals surface area contributed by atoms with Crippen LogP contribution in [0.4, 0.5) is 5.69 Å². The van der Waals surface area contributed by atoms with E-state index < -0.39 is 0 Å². The second-order valence-corrected chi connectivity index (χ2v) is 6.49. The van der Waals surface area contributed by atoms with Gasteiger partial charge < -0.3 is 10.2 Å². The van der Waals surface area contributed by atoms with Crippen LogP contribution in [0.3, 0.4) is 0 Å². The lowest BCUT2D eigenvalue weighted by Gasteiger charge is -2.29. The molecule has 5 heteroatoms. The molecule has 1 saturated heterocycles. The highest BCUT2D eigenvalue weighted by Gasteiger charge is 2.24. The third-order valence-electron chi connectivity index (χ3n) is 3.92. The van der Waals surface area contributed by atoms with Crippen molar-refractivity contribution in [2.24, 2.45) is 0 Å². The maximum absolute atomic E-state index is 12.2. The number of nitriles is 1. The first kappa shape index (κ1) is 15.9. The molecule has 0 saturated carbocycles. The molecule has 21 heavy (non-hydrogen) atoms. The van der Waals surface area contributed by atoms with Crippen LogP contribution in [0.5, 0.6) is 0 Å². The van der Waals surface area contributed by atoms with Crippen LogP contribution in [0.15, 0.2) is 29.2 Å². The number of carbonyl (C=O) groups excluding carboxylic acids is 1. The highest BCUT2D eigenvalue weighted by Crippen LogP contribution is 2.26. The highest BCUT2D eigenvalue weighted by atomic mass is 32.2. The van der Waals surface area contributed by atoms with Gasteiger partial charge in [0.05, 0.1) is 30.1 Å². The van der Waals surface area contributed by atoms with Crippen LogP contribution in [0.25, 0.3) is 0 Å². The van der Waals surface area contributed by atoms with E-state index in [-0.39, 0.29) is 5.91 Å². The molecule has 2 N–H and O–H groups in total. The number of hydrogen-bond donors (Lipinski definition) is 2. The maximum Gasteiger partial charge on any atom is 0.279 e. The number of hydrogen-bond acceptors (Lipinski definition) is 3. The summed E-state index contributed by atoms with van der Waals surface area (Å²) in [5.74, 6) is 0.449. The number of nitrogens with one attached hydrogen (secondary N) is 2. The molecular formula is C16H22N3OS+. The second kappa shape index (κ2) is 8.06. The first-order valence-electron chi connectivity index (χ1n) is 7.44. The molecule has 1 amide bonds. The van der Waals surface area contributed by atoms with E-state index in [1.54, 1.807) is 0 Å². The quantitative estimate of drug-likeness (QED) is 0.814. The van der Waals surface area contributed by atoms with E-state index in [1.165, 1.54) is 35.9 Å². The molecule has 1 aromatic rings. The fourth-order valence-electron chi connectivity index (χ4n) is 2.72. The van der Waals surface area contributed by atoms with Crippen molar-refractivity contribution in [2.45, 2.75) is 37.1 Å². The van der Waals surface area contributed by atoms with Gasteiger partial charge in [0.25, 0.3) is 5.91 Å². The largest absolute Gasteiger partial charge is 0.325 e. The first-order chi connectivity index (χ1) is 10.2. The van der Waals surface area contributed by atoms with Crippen molar-refractivity contribution in [3.63, 3.8) is 0 Å². The van der Waals surface area contributed by atoms with Gasteiger partial charge in [-0.05, 0) is 38.3 Å². The summed E-state index contributed by atoms with van der Waals surface area (Å²) in [6.45, 7) is 3.83. The van der Waals surface area contributed by atoms with Gasteiger partial charge in [-0.25, -0.2) is 0 Å². The molecule has 0 bridgehead atoms. The van der Waals surface area contributed by atoms with E-state index in [2.05, 4.69) is 18.3 Å². The molecule has 1 fully saturated rings. The van der Waals surface area contributed by atoms with Gasteiger partial charge in [0.1, 0.15) is 0 Å². The topological polar surface area (TPSA) is 57.3 Å². The number of quaternary nitrogens is 1. The van der Waals surface area contributed by atoms with E-state index in [1.807, 2.05) is 24.3 Å². The van der Waals surface area contributed by atoms with Gasteiger partial charge in [-0.1, -0.05) is 12.1 Å². The summed E-state index contributed by atoms with van der Waals surface area (Å²) in [7, 11) is 0. The number of rotatable bonds is 5. The standard InChI is InChI=1S/C16H21N3OS/c1-13-6-4-5-10-19(13)12-16(20)18-14-7-2-3-8-15(14)21-11-9-17/h2-3,7-8,13H,4-6,10-12H2,1H3,(H,18,20)/p+1/t13-/m0/s1. The van der Waals surface area contributed by atoms with Crippen LogP contribution in [0.1, 0.15) is 26.2 Å². The molecule has 0 radical (unpaired) electrons. The van der Waals surface area contributed by atoms with Gasteiger partial charge in [-0.15, -0.1) is 11.8 Å². The third kappa shape index (κ3) is 4.76. The molecule has 2 rings (SSSR count). The van der Waals surface area contributed by atoms with Crippen molar-refractivity contribution in [3.05, 3.63) is 24.3 Å². The van der Waals surface area contributed by atoms with E-state index in [9.17, 15) is 4.79 Å². The summed E-state index contributed by atoms with van der Waals surface area (Å²) < 4.78 is 0. The van der Waals surface area contributed by atoms with Gasteiger partial charge in [0.15, 0.2) is 6.54 Å². The molecule has 1 heterocycles. The van der Waals surface area contributed by atoms with Crippen molar-refractivity contribution in [3.8, 4) is 6.07 Å². The lowest BCUT2D eigenvalue weighted by atomic mass is 10.0. The maximum atomic E-state index is 12.2. The van der Waals surface area contributed by atoms with Crippen LogP contribution < -0.4 is 10.2 Å². The first-order valence-corrected chi connectivity index (χ1v) is 8.42. The number of piperidine rings is 1. The summed E-state index contributed by atoms with van der Waals surface area (Å²) in [6.07, 6.45) is 3.69. The van der Waals surface area contributed by atoms with Crippen LogP contribution in [0, 0.1) is 11.3 Å². The van der Waals surface area contributed by atoms with E-state index in [0.717, 1.165) is 17.1 Å². The number of anilines is 1. The van der Waals surface area contributed by atoms with Gasteiger partial charge in [-0.3, -0.25) is 4.79 Å². The molecule has 1 unspecified atom stereocenters. The predicted molar refractivity (Wildman–Crippen MR) is 85.4 cm³/mol. The third-order valence-corrected chi connectivity index (χ3v) is 4.86. The summed E-state index contributed by atoms with van der Waals surface area (Å²) >= 11 is 1.45. The zero-order chi connectivity index (χ0) is 15.1. The molecule has 4 nitrogen and oxygen atoms in total. The molecule has 0 spiro atoms. The lowest BCUT2D eigenvalue weighted by molar-refractivity contribution is -0.920. The van der Waals surface area contributed by atoms with Gasteiger partial charge in [0.2, 0.25) is 0 Å². The minimum Gasteiger partial charge on any atom is -0.325 e. The van der Waals surface area contributed by atoms with Crippen molar-refractivity contribution in [1.29, 1.82) is 5.26 Å². The Labute approximate surface area is 130 Å². The van der Waals surface area contributed by atoms with Crippen molar-refractivity contribution in [2.75, 3.05) is 24.2 Å². The van der Waals surface area contributed by atoms with E-state index >= 15 is 0 Å². The van der Waals surface area contributed by atoms with Crippen molar-refractivity contribution >= 4 is 23.4 Å². The summed E-state index contributed by atoms with van der Waals surface area (Å²) in [6, 6.07) is 10.3. The minimum absolute atomic E-state index is 0.0590. The summed E-state index contributed by atoms with van der Waals surface area (Å²) in [4.78, 5) is 14.6. The Hall–Kier alpha value is -1.51. The summed E-state index contributed by atoms with van der Waals surface area (Å²) in [5, 5.41) is 11.7. The van der Waals surface area contributed by atoms with Gasteiger partial charge >= 0.3 is 0 Å². The number of para-hydroxylation sites is 1. The van der Waals surface area contributed by atoms with Crippen molar-refractivity contribution < 1.29 is 9.69 Å². The zero-order valence-electron chi connectivity index (χ0n) is 12.4. The monoisotopic (exact) mass is 304 g/mol. The molecule has 2 atom stereocenters. The second-order valence-electron chi connectivity index (χ2n) is 5.47. The van der Waals surface area contributed by atoms with Crippen LogP contribution in [-0.2, 0) is 4.79 Å². The molecule has 0 aromatic heterocycles. The van der Waals surface area contributed by atoms with Crippen LogP contribution >= 0.6 is 11.8 Å². The fraction of sp³-hybridized carbons (Fsp3) is 0.500. The number of likely N-dealkylation sites (tertiary alicyclic amines) is 1. The van der Waals surface area contributed by atoms with Gasteiger partial charge in [-0.2, -0.15) is 5.26 Å². The number of nitrogens with zero attached hydrogens (tertiary/aromatic N) is 1. The van der Waals surface area contributed by atoms with Crippen LogP contribution in [-0.4, -0.2) is 30.8 Å². The Morgan fingerprint density at radius 2 is 2.29 bits per heavy atom. The van der Waals surface area contributed by atoms with Crippen LogP contribution in [0.2, 0.25) is 0 Å². The number of benzene rings is 1. The molecular weight excluding hydrogens is 282 g/mol. The normalized spacial score (nSPS) is 21.5. The average Bonchev–Trinajstić information content (AvgIpc) is 2.49. The molecule has 1 aromatic carbocycles. The predicted octanol–water partition coefficient (Wildman–Crippen LogP) is 1.70. The zero-order valence-corrected chi connectivity index (χ0v) is 13.2. The SMILES string of the molecule is C[C@H]1CCCC[NH+]1CC(=O)Nc1ccccc1SCC#N. The van der Waals surface area contributed by atoms with E-state index in [4.69, 9.17) is 5.26 Å². The number of amides is 1. The Balaban J connectivity index is 1.94. The molecule has 1 aliphatic heterocycles. The molecule has 1 aliphatic rings. The summed E-state index contributed by atoms with van der Waals surface area (Å²) in [5.41, 5.74) is 0.812. The smallest absolute Gasteiger partial charge is 0.279 e. The lowest BCUT2D eigenvalue weighted by Crippen LogP contribution is -3.17. The Morgan fingerprint density at radius 3 is 3.05 bits per heavy atom. The Bertz CT molecular complexity index is 526. The van der Waals surface area contributed by atoms with Crippen molar-refractivity contribution in [1.82, 2.24) is 0 Å². The minimum atomic E-state index is 0.0590. The van der Waals surface area contributed by atoms with E-state index in [0.29, 0.717) is 18.3 Å². The molecule has 0 aliphatic carbocycles. The van der Waals surface area contributed by atoms with Gasteiger partial charge in [0, 0.05) is 4.90 Å².